The highest BCUT2D eigenvalue weighted by Gasteiger charge is 2.27. The molecule has 0 amide bonds. The smallest absolute Gasteiger partial charge is 0.0594 e. The number of rotatable bonds is 7. The maximum atomic E-state index is 5.43. The van der Waals surface area contributed by atoms with Gasteiger partial charge in [-0.05, 0) is 31.9 Å². The molecular formula is C16H29N3O. The van der Waals surface area contributed by atoms with Crippen LogP contribution in [-0.2, 0) is 17.8 Å². The van der Waals surface area contributed by atoms with E-state index in [-0.39, 0.29) is 5.54 Å². The van der Waals surface area contributed by atoms with Gasteiger partial charge in [-0.25, -0.2) is 0 Å². The summed E-state index contributed by atoms with van der Waals surface area (Å²) in [5.41, 5.74) is 1.56. The van der Waals surface area contributed by atoms with Crippen LogP contribution in [0.2, 0.25) is 0 Å². The summed E-state index contributed by atoms with van der Waals surface area (Å²) in [7, 11) is 0. The van der Waals surface area contributed by atoms with Crippen molar-refractivity contribution < 1.29 is 4.74 Å². The van der Waals surface area contributed by atoms with Crippen molar-refractivity contribution in [1.29, 1.82) is 0 Å². The summed E-state index contributed by atoms with van der Waals surface area (Å²) in [6, 6.07) is 2.21. The Morgan fingerprint density at radius 1 is 1.30 bits per heavy atom. The summed E-state index contributed by atoms with van der Waals surface area (Å²) in [4.78, 5) is 2.52. The van der Waals surface area contributed by atoms with E-state index in [0.29, 0.717) is 0 Å². The zero-order valence-electron chi connectivity index (χ0n) is 13.2. The molecule has 1 fully saturated rings. The molecule has 1 aliphatic heterocycles. The number of morpholine rings is 1. The van der Waals surface area contributed by atoms with E-state index < -0.39 is 0 Å². The first-order valence-electron chi connectivity index (χ1n) is 7.80. The summed E-state index contributed by atoms with van der Waals surface area (Å²) >= 11 is 0. The molecule has 0 aliphatic carbocycles. The third-order valence-electron chi connectivity index (χ3n) is 4.05. The van der Waals surface area contributed by atoms with E-state index in [0.717, 1.165) is 45.9 Å². The van der Waals surface area contributed by atoms with Crippen molar-refractivity contribution in [2.75, 3.05) is 32.8 Å². The first-order valence-corrected chi connectivity index (χ1v) is 7.80. The van der Waals surface area contributed by atoms with E-state index in [9.17, 15) is 0 Å². The first kappa shape index (κ1) is 15.5. The number of aromatic nitrogens is 1. The van der Waals surface area contributed by atoms with Crippen molar-refractivity contribution in [3.8, 4) is 0 Å². The molecule has 0 aromatic carbocycles. The Balaban J connectivity index is 1.75. The molecule has 1 aromatic rings. The van der Waals surface area contributed by atoms with Crippen LogP contribution in [0.1, 0.15) is 32.8 Å². The van der Waals surface area contributed by atoms with Crippen molar-refractivity contribution in [2.45, 2.75) is 45.8 Å². The number of aryl methyl sites for hydroxylation is 1. The minimum Gasteiger partial charge on any atom is -0.379 e. The zero-order chi connectivity index (χ0) is 14.4. The van der Waals surface area contributed by atoms with Crippen LogP contribution in [0.15, 0.2) is 18.5 Å². The predicted octanol–water partition coefficient (Wildman–Crippen LogP) is 2.10. The molecule has 0 unspecified atom stereocenters. The summed E-state index contributed by atoms with van der Waals surface area (Å²) in [6.45, 7) is 13.7. The molecule has 0 saturated carbocycles. The van der Waals surface area contributed by atoms with Gasteiger partial charge >= 0.3 is 0 Å². The fourth-order valence-electron chi connectivity index (χ4n) is 2.79. The van der Waals surface area contributed by atoms with Gasteiger partial charge in [0.25, 0.3) is 0 Å². The van der Waals surface area contributed by atoms with E-state index in [1.807, 2.05) is 0 Å². The van der Waals surface area contributed by atoms with Crippen LogP contribution in [0.3, 0.4) is 0 Å². The van der Waals surface area contributed by atoms with Gasteiger partial charge in [0, 0.05) is 50.7 Å². The molecule has 1 aliphatic rings. The largest absolute Gasteiger partial charge is 0.379 e. The van der Waals surface area contributed by atoms with Gasteiger partial charge < -0.3 is 14.6 Å². The maximum Gasteiger partial charge on any atom is 0.0594 e. The molecule has 2 rings (SSSR count). The molecule has 114 valence electrons. The SMILES string of the molecule is CCCn1ccc(CNCC(C)(C)N2CCOCC2)c1. The van der Waals surface area contributed by atoms with E-state index in [2.05, 4.69) is 54.0 Å². The Morgan fingerprint density at radius 3 is 2.75 bits per heavy atom. The number of hydrogen-bond donors (Lipinski definition) is 1. The van der Waals surface area contributed by atoms with Crippen LogP contribution in [0.5, 0.6) is 0 Å². The highest BCUT2D eigenvalue weighted by molar-refractivity contribution is 5.10. The van der Waals surface area contributed by atoms with Crippen molar-refractivity contribution >= 4 is 0 Å². The minimum atomic E-state index is 0.190. The Hall–Kier alpha value is -0.840. The quantitative estimate of drug-likeness (QED) is 0.829. The Morgan fingerprint density at radius 2 is 2.05 bits per heavy atom. The Bertz CT molecular complexity index is 394. The standard InChI is InChI=1S/C16H29N3O/c1-4-6-18-7-5-15(13-18)12-17-14-16(2,3)19-8-10-20-11-9-19/h5,7,13,17H,4,6,8-12,14H2,1-3H3. The van der Waals surface area contributed by atoms with E-state index in [1.54, 1.807) is 0 Å². The van der Waals surface area contributed by atoms with Gasteiger partial charge in [0.05, 0.1) is 13.2 Å². The minimum absolute atomic E-state index is 0.190. The summed E-state index contributed by atoms with van der Waals surface area (Å²) in [5.74, 6) is 0. The lowest BCUT2D eigenvalue weighted by Crippen LogP contribution is -2.54. The lowest BCUT2D eigenvalue weighted by Gasteiger charge is -2.41. The molecule has 1 saturated heterocycles. The van der Waals surface area contributed by atoms with E-state index >= 15 is 0 Å². The van der Waals surface area contributed by atoms with Crippen LogP contribution < -0.4 is 5.32 Å². The van der Waals surface area contributed by atoms with Crippen molar-refractivity contribution in [2.24, 2.45) is 0 Å². The normalized spacial score (nSPS) is 17.6. The maximum absolute atomic E-state index is 5.43. The summed E-state index contributed by atoms with van der Waals surface area (Å²) in [5, 5.41) is 3.60. The first-order chi connectivity index (χ1) is 9.62. The predicted molar refractivity (Wildman–Crippen MR) is 82.9 cm³/mol. The Kier molecular flexibility index (Phi) is 5.64. The number of hydrogen-bond acceptors (Lipinski definition) is 3. The monoisotopic (exact) mass is 279 g/mol. The molecule has 0 spiro atoms. The van der Waals surface area contributed by atoms with E-state index in [4.69, 9.17) is 4.74 Å². The molecule has 0 radical (unpaired) electrons. The van der Waals surface area contributed by atoms with Gasteiger partial charge in [-0.1, -0.05) is 6.92 Å². The molecular weight excluding hydrogens is 250 g/mol. The number of nitrogens with zero attached hydrogens (tertiary/aromatic N) is 2. The molecule has 4 heteroatoms. The van der Waals surface area contributed by atoms with E-state index in [1.165, 1.54) is 12.0 Å². The van der Waals surface area contributed by atoms with Crippen molar-refractivity contribution in [1.82, 2.24) is 14.8 Å². The fraction of sp³-hybridized carbons (Fsp3) is 0.750. The number of nitrogens with one attached hydrogen (secondary N) is 1. The molecule has 0 bridgehead atoms. The van der Waals surface area contributed by atoms with Crippen LogP contribution in [0.25, 0.3) is 0 Å². The molecule has 4 nitrogen and oxygen atoms in total. The molecule has 20 heavy (non-hydrogen) atoms. The lowest BCUT2D eigenvalue weighted by atomic mass is 10.0. The fourth-order valence-corrected chi connectivity index (χ4v) is 2.79. The molecule has 0 atom stereocenters. The topological polar surface area (TPSA) is 29.4 Å². The zero-order valence-corrected chi connectivity index (χ0v) is 13.2. The van der Waals surface area contributed by atoms with Gasteiger partial charge in [0.15, 0.2) is 0 Å². The highest BCUT2D eigenvalue weighted by Crippen LogP contribution is 2.15. The summed E-state index contributed by atoms with van der Waals surface area (Å²) < 4.78 is 7.70. The van der Waals surface area contributed by atoms with Gasteiger partial charge in [-0.15, -0.1) is 0 Å². The van der Waals surface area contributed by atoms with Crippen LogP contribution in [-0.4, -0.2) is 47.9 Å². The van der Waals surface area contributed by atoms with Crippen LogP contribution in [0.4, 0.5) is 0 Å². The summed E-state index contributed by atoms with van der Waals surface area (Å²) in [6.07, 6.45) is 5.61. The average Bonchev–Trinajstić information content (AvgIpc) is 2.88. The lowest BCUT2D eigenvalue weighted by molar-refractivity contribution is -0.00966. The second kappa shape index (κ2) is 7.25. The van der Waals surface area contributed by atoms with Crippen molar-refractivity contribution in [3.05, 3.63) is 24.0 Å². The van der Waals surface area contributed by atoms with Gasteiger partial charge in [0.1, 0.15) is 0 Å². The third-order valence-corrected chi connectivity index (χ3v) is 4.05. The van der Waals surface area contributed by atoms with Gasteiger partial charge in [0.2, 0.25) is 0 Å². The van der Waals surface area contributed by atoms with Crippen molar-refractivity contribution in [3.63, 3.8) is 0 Å². The van der Waals surface area contributed by atoms with Crippen LogP contribution >= 0.6 is 0 Å². The second-order valence-corrected chi connectivity index (χ2v) is 6.27. The average molecular weight is 279 g/mol. The molecule has 1 aromatic heterocycles. The Labute approximate surface area is 123 Å². The highest BCUT2D eigenvalue weighted by atomic mass is 16.5. The van der Waals surface area contributed by atoms with Crippen LogP contribution in [0, 0.1) is 0 Å². The number of ether oxygens (including phenoxy) is 1. The third kappa shape index (κ3) is 4.33. The van der Waals surface area contributed by atoms with Gasteiger partial charge in [-0.3, -0.25) is 4.90 Å². The second-order valence-electron chi connectivity index (χ2n) is 6.27. The molecule has 2 heterocycles. The van der Waals surface area contributed by atoms with Gasteiger partial charge in [-0.2, -0.15) is 0 Å². The molecule has 1 N–H and O–H groups in total.